The molecule has 115 heavy (non-hydrogen) atoms. The van der Waals surface area contributed by atoms with Crippen LogP contribution >= 0.6 is 0 Å². The van der Waals surface area contributed by atoms with Crippen molar-refractivity contribution in [3.8, 4) is 33.8 Å². The van der Waals surface area contributed by atoms with Crippen LogP contribution in [0.4, 0.5) is 22.7 Å². The van der Waals surface area contributed by atoms with Gasteiger partial charge in [-0.15, -0.1) is 0 Å². The van der Waals surface area contributed by atoms with E-state index in [-0.39, 0.29) is 101 Å². The zero-order valence-corrected chi connectivity index (χ0v) is 61.5. The number of carboxylic acids is 1. The number of hydrogen-bond donors (Lipinski definition) is 10. The third-order valence-corrected chi connectivity index (χ3v) is 19.0. The number of benzene rings is 6. The summed E-state index contributed by atoms with van der Waals surface area (Å²) in [6.07, 6.45) is 13.5. The Bertz CT molecular complexity index is 5540. The molecule has 0 saturated carbocycles. The molecular weight excluding hydrogens is 1480 g/mol. The molecule has 10 aromatic rings. The number of carboxylic acid groups (broad SMARTS) is 1. The second-order valence-electron chi connectivity index (χ2n) is 26.8. The van der Waals surface area contributed by atoms with Gasteiger partial charge in [0, 0.05) is 79.0 Å². The standard InChI is InChI=1S/C42H37N7O8.C26H26N6O2.C15H12N2O7/c43-38(52)31-22-46-32-15-14-26(20-30(32)37(31)47-27-6-5-18-44-21-27)24-10-12-25(13-11-24)39(53)45-19-3-1-2-7-28(50)23-57-34-9-4-8-29-36(34)42(56)49(41(29)55)33-16-17-35(51)48-40(33)54;27-11-1-2-13-30-26(34)18-7-5-17(6-8-18)19-9-10-23-21(14-19)24(22(16-31-23)25(28)33)32-20-4-3-12-29-15-20;18-10-5-4-8(13(21)16-10)17-14(22)7-2-1-3-9(12(7)15(17)23)24-6-11(19)20/h4-6,8-15,18,20-22,33H,1-3,7,16-17,19,23H2,(H2,43,52)(H,45,53)(H,46,47)(H,48,51,54);3-10,12,14-16H,1-2,11,13,27H2,(H2,28,33)(H,30,34)(H,31,32);1-3,8H,4-6H2,(H,19,20)(H,16,18,21). The van der Waals surface area contributed by atoms with Crippen LogP contribution in [0.3, 0.4) is 0 Å². The summed E-state index contributed by atoms with van der Waals surface area (Å²) >= 11 is 0. The van der Waals surface area contributed by atoms with Gasteiger partial charge in [0.25, 0.3) is 47.3 Å². The third-order valence-electron chi connectivity index (χ3n) is 19.0. The number of piperidine rings is 2. The molecule has 0 radical (unpaired) electrons. The number of Topliss-reactive ketones (excluding diaryl/α,β-unsaturated/α-hetero) is 1. The number of nitrogens with two attached hydrogens (primary N) is 3. The minimum Gasteiger partial charge on any atom is -0.485 e. The van der Waals surface area contributed by atoms with Gasteiger partial charge in [-0.2, -0.15) is 0 Å². The van der Waals surface area contributed by atoms with E-state index in [0.717, 1.165) is 56.0 Å². The Morgan fingerprint density at radius 2 is 0.922 bits per heavy atom. The highest BCUT2D eigenvalue weighted by atomic mass is 16.5. The fourth-order valence-corrected chi connectivity index (χ4v) is 13.3. The maximum atomic E-state index is 13.2. The van der Waals surface area contributed by atoms with Crippen molar-refractivity contribution in [2.24, 2.45) is 17.2 Å². The summed E-state index contributed by atoms with van der Waals surface area (Å²) < 4.78 is 10.7. The van der Waals surface area contributed by atoms with Crippen molar-refractivity contribution in [3.63, 3.8) is 0 Å². The van der Waals surface area contributed by atoms with Crippen LogP contribution < -0.4 is 58.6 Å². The van der Waals surface area contributed by atoms with E-state index in [0.29, 0.717) is 83.5 Å². The zero-order valence-electron chi connectivity index (χ0n) is 61.5. The Balaban J connectivity index is 0.000000177. The monoisotopic (exact) mass is 1550 g/mol. The predicted octanol–water partition coefficient (Wildman–Crippen LogP) is 7.64. The molecule has 8 heterocycles. The molecule has 4 aliphatic rings. The lowest BCUT2D eigenvalue weighted by atomic mass is 10.00. The van der Waals surface area contributed by atoms with Crippen LogP contribution in [0.5, 0.6) is 11.5 Å². The first kappa shape index (κ1) is 79.7. The summed E-state index contributed by atoms with van der Waals surface area (Å²) in [5.41, 5.74) is 25.8. The summed E-state index contributed by atoms with van der Waals surface area (Å²) in [7, 11) is 0. The van der Waals surface area contributed by atoms with Crippen molar-refractivity contribution in [2.75, 3.05) is 43.5 Å². The number of imide groups is 4. The molecule has 2 atom stereocenters. The molecule has 6 aromatic carbocycles. The van der Waals surface area contributed by atoms with E-state index in [9.17, 15) is 67.1 Å². The smallest absolute Gasteiger partial charge is 0.341 e. The van der Waals surface area contributed by atoms with Crippen LogP contribution in [0.15, 0.2) is 183 Å². The van der Waals surface area contributed by atoms with E-state index in [1.807, 2.05) is 72.8 Å². The SMILES string of the molecule is NC(=O)c1cnc2ccc(-c3ccc(C(=O)NCCCCCC(=O)COc4cccc5c4C(=O)N(C4CCC(=O)NC4=O)C5=O)cc3)cc2c1Nc1cccnc1.NCCCCNC(=O)c1ccc(-c2ccc3ncc(C(N)=O)c(Nc4cccnc4)c3c2)cc1.O=C(O)COc1cccc2c1C(=O)N(C1CCC(=O)NC1=O)C2=O. The lowest BCUT2D eigenvalue weighted by Gasteiger charge is -2.27. The van der Waals surface area contributed by atoms with E-state index in [4.69, 9.17) is 31.8 Å². The average molecular weight is 1550 g/mol. The fourth-order valence-electron chi connectivity index (χ4n) is 13.3. The first-order chi connectivity index (χ1) is 55.5. The van der Waals surface area contributed by atoms with E-state index in [1.165, 1.54) is 48.8 Å². The average Bonchev–Trinajstić information content (AvgIpc) is 1.58. The number of unbranched alkanes of at least 4 members (excludes halogenated alkanes) is 3. The van der Waals surface area contributed by atoms with Gasteiger partial charge in [0.15, 0.2) is 12.4 Å². The Labute approximate surface area is 654 Å². The molecular formula is C83H75N15O17. The molecule has 4 aromatic heterocycles. The Hall–Kier alpha value is -14.8. The quantitative estimate of drug-likeness (QED) is 0.0166. The summed E-state index contributed by atoms with van der Waals surface area (Å²) in [4.78, 5) is 190. The van der Waals surface area contributed by atoms with Crippen molar-refractivity contribution in [1.82, 2.24) is 51.0 Å². The topological polar surface area (TPSA) is 486 Å². The van der Waals surface area contributed by atoms with Crippen molar-refractivity contribution >= 4 is 127 Å². The van der Waals surface area contributed by atoms with Crippen LogP contribution in [0, 0.1) is 0 Å². The van der Waals surface area contributed by atoms with Gasteiger partial charge >= 0.3 is 5.97 Å². The number of hydrogen-bond acceptors (Lipinski definition) is 23. The van der Waals surface area contributed by atoms with E-state index < -0.39 is 83.7 Å². The molecule has 0 aliphatic carbocycles. The Morgan fingerprint density at radius 3 is 1.33 bits per heavy atom. The minimum atomic E-state index is -1.23. The molecule has 14 rings (SSSR count). The molecule has 32 heteroatoms. The van der Waals surface area contributed by atoms with Gasteiger partial charge in [-0.05, 0) is 164 Å². The second kappa shape index (κ2) is 36.3. The lowest BCUT2D eigenvalue weighted by molar-refractivity contribution is -0.139. The Kier molecular flexibility index (Phi) is 25.2. The lowest BCUT2D eigenvalue weighted by Crippen LogP contribution is -2.54. The number of carbonyl (C=O) groups is 14. The predicted molar refractivity (Wildman–Crippen MR) is 418 cm³/mol. The number of aromatic nitrogens is 4. The molecule has 12 amide bonds. The minimum absolute atomic E-state index is 0.00617. The van der Waals surface area contributed by atoms with Gasteiger partial charge in [0.2, 0.25) is 23.6 Å². The van der Waals surface area contributed by atoms with Gasteiger partial charge in [-0.3, -0.25) is 103 Å². The van der Waals surface area contributed by atoms with E-state index in [1.54, 1.807) is 61.2 Å². The molecule has 32 nitrogen and oxygen atoms in total. The second-order valence-corrected chi connectivity index (χ2v) is 26.8. The molecule has 4 aliphatic heterocycles. The normalized spacial score (nSPS) is 14.8. The highest BCUT2D eigenvalue weighted by Gasteiger charge is 2.48. The summed E-state index contributed by atoms with van der Waals surface area (Å²) in [6.45, 7) is 0.651. The number of amides is 12. The van der Waals surface area contributed by atoms with Gasteiger partial charge in [0.05, 0.1) is 79.6 Å². The number of carbonyl (C=O) groups excluding carboxylic acids is 13. The van der Waals surface area contributed by atoms with Crippen molar-refractivity contribution in [2.45, 2.75) is 76.3 Å². The van der Waals surface area contributed by atoms with Crippen LogP contribution in [0.1, 0.15) is 147 Å². The van der Waals surface area contributed by atoms with Gasteiger partial charge in [-0.1, -0.05) is 55.0 Å². The van der Waals surface area contributed by atoms with Crippen LogP contribution in [-0.4, -0.2) is 162 Å². The number of ether oxygens (including phenoxy) is 2. The largest absolute Gasteiger partial charge is 0.485 e. The molecule has 0 spiro atoms. The number of nitrogens with one attached hydrogen (secondary N) is 6. The number of fused-ring (bicyclic) bond motifs is 4. The highest BCUT2D eigenvalue weighted by molar-refractivity contribution is 6.26. The first-order valence-corrected chi connectivity index (χ1v) is 36.5. The number of primary amides is 2. The van der Waals surface area contributed by atoms with Gasteiger partial charge in [-0.25, -0.2) is 4.79 Å². The van der Waals surface area contributed by atoms with Crippen molar-refractivity contribution < 1.29 is 81.7 Å². The molecule has 0 bridgehead atoms. The number of nitrogens with zero attached hydrogens (tertiary/aromatic N) is 6. The molecule has 2 unspecified atom stereocenters. The number of pyridine rings is 4. The zero-order chi connectivity index (χ0) is 81.4. The van der Waals surface area contributed by atoms with Crippen LogP contribution in [0.2, 0.25) is 0 Å². The maximum Gasteiger partial charge on any atom is 0.341 e. The Morgan fingerprint density at radius 1 is 0.487 bits per heavy atom. The summed E-state index contributed by atoms with van der Waals surface area (Å²) in [5.74, 6) is -8.07. The molecule has 2 saturated heterocycles. The first-order valence-electron chi connectivity index (χ1n) is 36.5. The molecule has 584 valence electrons. The van der Waals surface area contributed by atoms with Crippen molar-refractivity contribution in [1.29, 1.82) is 0 Å². The number of ketones is 1. The molecule has 2 fully saturated rings. The van der Waals surface area contributed by atoms with Gasteiger partial charge in [0.1, 0.15) is 30.2 Å². The maximum absolute atomic E-state index is 13.2. The number of rotatable bonds is 28. The number of aliphatic carboxylic acids is 1. The number of anilines is 4. The van der Waals surface area contributed by atoms with E-state index >= 15 is 0 Å². The van der Waals surface area contributed by atoms with E-state index in [2.05, 4.69) is 51.8 Å². The highest BCUT2D eigenvalue weighted by Crippen LogP contribution is 2.38. The van der Waals surface area contributed by atoms with Crippen molar-refractivity contribution in [3.05, 3.63) is 227 Å². The van der Waals surface area contributed by atoms with Crippen LogP contribution in [0.25, 0.3) is 44.1 Å². The third kappa shape index (κ3) is 18.6. The summed E-state index contributed by atoms with van der Waals surface area (Å²) in [5, 5.41) is 26.7. The van der Waals surface area contributed by atoms with Gasteiger partial charge < -0.3 is 53.0 Å². The fraction of sp³-hybridized carbons (Fsp3) is 0.205. The summed E-state index contributed by atoms with van der Waals surface area (Å²) in [6, 6.07) is 39.8. The molecule has 13 N–H and O–H groups in total. The van der Waals surface area contributed by atoms with Crippen LogP contribution in [-0.2, 0) is 28.8 Å².